The van der Waals surface area contributed by atoms with Crippen LogP contribution in [0.5, 0.6) is 0 Å². The molecule has 13 heavy (non-hydrogen) atoms. The summed E-state index contributed by atoms with van der Waals surface area (Å²) in [5.74, 6) is 0. The summed E-state index contributed by atoms with van der Waals surface area (Å²) in [5.41, 5.74) is 0. The number of hydrogen-bond acceptors (Lipinski definition) is 6. The molecule has 0 spiro atoms. The largest absolute Gasteiger partial charge is 0.437 e. The fourth-order valence-electron chi connectivity index (χ4n) is 0.952. The van der Waals surface area contributed by atoms with Crippen LogP contribution < -0.4 is 0 Å². The quantitative estimate of drug-likeness (QED) is 0.430. The first kappa shape index (κ1) is 9.16. The highest BCUT2D eigenvalue weighted by Crippen LogP contribution is 2.11. The third-order valence-electron chi connectivity index (χ3n) is 1.52. The molecule has 0 N–H and O–H groups in total. The predicted molar refractivity (Wildman–Crippen MR) is 40.5 cm³/mol. The van der Waals surface area contributed by atoms with Crippen molar-refractivity contribution >= 4 is 6.34 Å². The highest BCUT2D eigenvalue weighted by Gasteiger charge is 2.44. The number of nitro groups is 2. The standard InChI is InChI=1S/C4H7N5O4/c1-2-6-4(8(10)11)7(3-5-6)9(12)13/h3-4H,2H2,1H3. The summed E-state index contributed by atoms with van der Waals surface area (Å²) in [5, 5.41) is 24.7. The summed E-state index contributed by atoms with van der Waals surface area (Å²) in [6, 6.07) is 0. The molecule has 0 bridgehead atoms. The Bertz CT molecular complexity index is 265. The van der Waals surface area contributed by atoms with Gasteiger partial charge >= 0.3 is 6.29 Å². The van der Waals surface area contributed by atoms with Gasteiger partial charge in [-0.2, -0.15) is 5.10 Å². The molecule has 1 aliphatic heterocycles. The van der Waals surface area contributed by atoms with Crippen LogP contribution in [0.4, 0.5) is 0 Å². The van der Waals surface area contributed by atoms with Crippen LogP contribution in [0.3, 0.4) is 0 Å². The van der Waals surface area contributed by atoms with Crippen LogP contribution in [0, 0.1) is 20.2 Å². The zero-order valence-corrected chi connectivity index (χ0v) is 6.73. The van der Waals surface area contributed by atoms with Crippen LogP contribution in [0.15, 0.2) is 5.10 Å². The maximum Gasteiger partial charge on any atom is 0.437 e. The molecule has 9 heteroatoms. The van der Waals surface area contributed by atoms with E-state index in [0.717, 1.165) is 11.3 Å². The molecule has 0 aromatic heterocycles. The number of hydrogen-bond donors (Lipinski definition) is 0. The molecule has 1 aliphatic rings. The summed E-state index contributed by atoms with van der Waals surface area (Å²) in [4.78, 5) is 19.9. The smallest absolute Gasteiger partial charge is 0.260 e. The molecular formula is C4H7N5O4. The van der Waals surface area contributed by atoms with Crippen molar-refractivity contribution in [2.45, 2.75) is 13.2 Å². The summed E-state index contributed by atoms with van der Waals surface area (Å²) in [6.45, 7) is 1.86. The summed E-state index contributed by atoms with van der Waals surface area (Å²) in [6.07, 6.45) is -0.697. The Morgan fingerprint density at radius 3 is 2.54 bits per heavy atom. The van der Waals surface area contributed by atoms with Crippen LogP contribution in [0.1, 0.15) is 6.92 Å². The van der Waals surface area contributed by atoms with E-state index in [1.54, 1.807) is 6.92 Å². The molecule has 1 atom stereocenters. The van der Waals surface area contributed by atoms with E-state index in [2.05, 4.69) is 5.10 Å². The van der Waals surface area contributed by atoms with Gasteiger partial charge in [0.25, 0.3) is 0 Å². The van der Waals surface area contributed by atoms with Gasteiger partial charge in [-0.15, -0.1) is 0 Å². The second-order valence-corrected chi connectivity index (χ2v) is 2.24. The minimum absolute atomic E-state index is 0.243. The van der Waals surface area contributed by atoms with Gasteiger partial charge < -0.3 is 0 Å². The molecule has 0 fully saturated rings. The number of nitrogens with zero attached hydrogens (tertiary/aromatic N) is 5. The lowest BCUT2D eigenvalue weighted by molar-refractivity contribution is -0.718. The maximum atomic E-state index is 10.4. The zero-order valence-electron chi connectivity index (χ0n) is 6.73. The number of rotatable bonds is 3. The lowest BCUT2D eigenvalue weighted by Crippen LogP contribution is -2.47. The molecule has 72 valence electrons. The molecule has 0 aliphatic carbocycles. The van der Waals surface area contributed by atoms with Gasteiger partial charge in [-0.25, -0.2) is 15.1 Å². The van der Waals surface area contributed by atoms with Gasteiger partial charge in [0.15, 0.2) is 11.4 Å². The molecule has 1 heterocycles. The minimum Gasteiger partial charge on any atom is -0.260 e. The summed E-state index contributed by atoms with van der Waals surface area (Å²) in [7, 11) is 0. The van der Waals surface area contributed by atoms with Gasteiger partial charge in [0.05, 0.1) is 4.92 Å². The second-order valence-electron chi connectivity index (χ2n) is 2.24. The van der Waals surface area contributed by atoms with Crippen molar-refractivity contribution in [2.75, 3.05) is 6.54 Å². The molecular weight excluding hydrogens is 182 g/mol. The molecule has 9 nitrogen and oxygen atoms in total. The Morgan fingerprint density at radius 1 is 1.54 bits per heavy atom. The maximum absolute atomic E-state index is 10.4. The lowest BCUT2D eigenvalue weighted by Gasteiger charge is -2.15. The van der Waals surface area contributed by atoms with Crippen LogP contribution in [0.2, 0.25) is 0 Å². The highest BCUT2D eigenvalue weighted by molar-refractivity contribution is 5.54. The normalized spacial score (nSPS) is 20.8. The van der Waals surface area contributed by atoms with Crippen LogP contribution >= 0.6 is 0 Å². The summed E-state index contributed by atoms with van der Waals surface area (Å²) < 4.78 is 0. The molecule has 1 unspecified atom stereocenters. The number of hydrazine groups is 1. The lowest BCUT2D eigenvalue weighted by atomic mass is 10.6. The highest BCUT2D eigenvalue weighted by atomic mass is 16.7. The summed E-state index contributed by atoms with van der Waals surface area (Å²) >= 11 is 0. The van der Waals surface area contributed by atoms with E-state index in [1.165, 1.54) is 0 Å². The zero-order chi connectivity index (χ0) is 10.0. The van der Waals surface area contributed by atoms with E-state index in [4.69, 9.17) is 0 Å². The topological polar surface area (TPSA) is 105 Å². The SMILES string of the molecule is CCN1N=CN([N+](=O)[O-])C1[N+](=O)[O-]. The Hall–Kier alpha value is -1.93. The van der Waals surface area contributed by atoms with Crippen molar-refractivity contribution in [1.29, 1.82) is 0 Å². The van der Waals surface area contributed by atoms with Crippen LogP contribution in [-0.4, -0.2) is 39.1 Å². The van der Waals surface area contributed by atoms with Crippen LogP contribution in [0.25, 0.3) is 0 Å². The molecule has 0 saturated heterocycles. The van der Waals surface area contributed by atoms with Crippen molar-refractivity contribution in [2.24, 2.45) is 5.10 Å². The van der Waals surface area contributed by atoms with E-state index in [9.17, 15) is 20.2 Å². The average molecular weight is 189 g/mol. The second kappa shape index (κ2) is 3.21. The first-order valence-corrected chi connectivity index (χ1v) is 3.44. The van der Waals surface area contributed by atoms with Crippen molar-refractivity contribution < 1.29 is 9.96 Å². The number of hydrazone groups is 1. The molecule has 0 aromatic carbocycles. The van der Waals surface area contributed by atoms with E-state index < -0.39 is 16.2 Å². The van der Waals surface area contributed by atoms with Crippen LogP contribution in [-0.2, 0) is 0 Å². The first-order valence-electron chi connectivity index (χ1n) is 3.44. The fourth-order valence-corrected chi connectivity index (χ4v) is 0.952. The fraction of sp³-hybridized carbons (Fsp3) is 0.750. The Morgan fingerprint density at radius 2 is 2.15 bits per heavy atom. The van der Waals surface area contributed by atoms with Gasteiger partial charge in [-0.1, -0.05) is 0 Å². The molecule has 0 radical (unpaired) electrons. The Balaban J connectivity index is 2.84. The predicted octanol–water partition coefficient (Wildman–Crippen LogP) is -0.681. The van der Waals surface area contributed by atoms with E-state index in [0.29, 0.717) is 5.01 Å². The Labute approximate surface area is 72.5 Å². The first-order chi connectivity index (χ1) is 6.07. The average Bonchev–Trinajstić information content (AvgIpc) is 2.46. The van der Waals surface area contributed by atoms with E-state index in [-0.39, 0.29) is 6.54 Å². The van der Waals surface area contributed by atoms with Crippen molar-refractivity contribution in [1.82, 2.24) is 10.0 Å². The van der Waals surface area contributed by atoms with E-state index >= 15 is 0 Å². The van der Waals surface area contributed by atoms with Gasteiger partial charge in [-0.05, 0) is 6.92 Å². The monoisotopic (exact) mass is 189 g/mol. The molecule has 0 amide bonds. The minimum atomic E-state index is -1.53. The van der Waals surface area contributed by atoms with Gasteiger partial charge in [0.2, 0.25) is 0 Å². The molecule has 1 rings (SSSR count). The van der Waals surface area contributed by atoms with Crippen molar-refractivity contribution in [3.8, 4) is 0 Å². The molecule has 0 saturated carbocycles. The Kier molecular flexibility index (Phi) is 2.26. The van der Waals surface area contributed by atoms with Crippen molar-refractivity contribution in [3.63, 3.8) is 0 Å². The van der Waals surface area contributed by atoms with Gasteiger partial charge in [0, 0.05) is 11.6 Å². The van der Waals surface area contributed by atoms with Gasteiger partial charge in [0.1, 0.15) is 0 Å². The van der Waals surface area contributed by atoms with Gasteiger partial charge in [-0.3, -0.25) is 10.1 Å². The van der Waals surface area contributed by atoms with Crippen molar-refractivity contribution in [3.05, 3.63) is 20.2 Å². The third kappa shape index (κ3) is 1.48. The molecule has 0 aromatic rings. The third-order valence-corrected chi connectivity index (χ3v) is 1.52. The van der Waals surface area contributed by atoms with E-state index in [1.807, 2.05) is 0 Å².